The van der Waals surface area contributed by atoms with Crippen LogP contribution in [0.5, 0.6) is 0 Å². The number of halogens is 2. The first-order chi connectivity index (χ1) is 17.1. The number of carbonyl (C=O) groups is 2. The summed E-state index contributed by atoms with van der Waals surface area (Å²) in [5, 5.41) is 11.8. The summed E-state index contributed by atoms with van der Waals surface area (Å²) in [5.41, 5.74) is 4.50. The number of aliphatic hydroxyl groups is 1. The van der Waals surface area contributed by atoms with E-state index < -0.39 is 34.9 Å². The molecule has 1 unspecified atom stereocenters. The molecule has 2 amide bonds. The van der Waals surface area contributed by atoms with E-state index in [1.54, 1.807) is 25.1 Å². The number of rotatable bonds is 8. The van der Waals surface area contributed by atoms with Gasteiger partial charge in [0.15, 0.2) is 6.23 Å². The van der Waals surface area contributed by atoms with Gasteiger partial charge in [-0.1, -0.05) is 11.6 Å². The highest BCUT2D eigenvalue weighted by atomic mass is 35.5. The van der Waals surface area contributed by atoms with Gasteiger partial charge in [0, 0.05) is 25.0 Å². The van der Waals surface area contributed by atoms with E-state index in [-0.39, 0.29) is 30.2 Å². The number of benzene rings is 1. The maximum absolute atomic E-state index is 15.7. The lowest BCUT2D eigenvalue weighted by Crippen LogP contribution is -2.36. The summed E-state index contributed by atoms with van der Waals surface area (Å²) in [4.78, 5) is 31.1. The Morgan fingerprint density at radius 1 is 1.36 bits per heavy atom. The summed E-state index contributed by atoms with van der Waals surface area (Å²) in [6.45, 7) is 2.71. The zero-order valence-corrected chi connectivity index (χ0v) is 20.8. The van der Waals surface area contributed by atoms with Crippen LogP contribution >= 0.6 is 11.6 Å². The third-order valence-corrected chi connectivity index (χ3v) is 7.99. The number of carbonyl (C=O) groups excluding carboxylic acids is 2. The van der Waals surface area contributed by atoms with Crippen LogP contribution in [0.25, 0.3) is 0 Å². The fraction of sp³-hybridized carbons (Fsp3) is 0.500. The number of ether oxygens (including phenoxy) is 2. The predicted octanol–water partition coefficient (Wildman–Crippen LogP) is 3.44. The van der Waals surface area contributed by atoms with Crippen molar-refractivity contribution in [2.45, 2.75) is 51.0 Å². The average molecular weight is 518 g/mol. The molecule has 0 spiro atoms. The van der Waals surface area contributed by atoms with Crippen molar-refractivity contribution in [2.24, 2.45) is 17.1 Å². The minimum atomic E-state index is -1.34. The van der Waals surface area contributed by atoms with Crippen LogP contribution in [-0.4, -0.2) is 46.6 Å². The number of amides is 2. The molecule has 1 aliphatic carbocycles. The Labute approximate surface area is 213 Å². The Morgan fingerprint density at radius 2 is 2.08 bits per heavy atom. The maximum Gasteiger partial charge on any atom is 0.257 e. The topological polar surface area (TPSA) is 115 Å². The van der Waals surface area contributed by atoms with Crippen LogP contribution in [0.3, 0.4) is 0 Å². The van der Waals surface area contributed by atoms with E-state index in [1.807, 2.05) is 0 Å². The largest absolute Gasteiger partial charge is 0.385 e. The molecule has 8 nitrogen and oxygen atoms in total. The standard InChI is InChI=1S/C26H29ClFN3O5/c1-25(34,15-4-8-35-9-5-15)16-10-19-21(20(28)11-16)23(36-14-26(6-7-26)24(29)33)31(22(19)32)13-18-3-2-17(27)12-30-18/h2-3,10-12,15,23,34H,4-9,13-14H2,1H3,(H2,29,33)/t23-,25?/m1/s1. The highest BCUT2D eigenvalue weighted by Gasteiger charge is 2.51. The van der Waals surface area contributed by atoms with Crippen molar-refractivity contribution in [3.63, 3.8) is 0 Å². The minimum absolute atomic E-state index is 0.0226. The second-order valence-corrected chi connectivity index (χ2v) is 10.6. The smallest absolute Gasteiger partial charge is 0.257 e. The van der Waals surface area contributed by atoms with Gasteiger partial charge in [0.05, 0.1) is 40.4 Å². The third kappa shape index (κ3) is 4.49. The first-order valence-corrected chi connectivity index (χ1v) is 12.5. The molecular formula is C26H29ClFN3O5. The van der Waals surface area contributed by atoms with Crippen molar-refractivity contribution < 1.29 is 28.6 Å². The van der Waals surface area contributed by atoms with Gasteiger partial charge in [-0.15, -0.1) is 0 Å². The number of hydrogen-bond acceptors (Lipinski definition) is 6. The minimum Gasteiger partial charge on any atom is -0.385 e. The monoisotopic (exact) mass is 517 g/mol. The Balaban J connectivity index is 1.50. The second kappa shape index (κ2) is 9.37. The lowest BCUT2D eigenvalue weighted by atomic mass is 9.78. The van der Waals surface area contributed by atoms with Gasteiger partial charge in [0.25, 0.3) is 5.91 Å². The normalized spacial score (nSPS) is 22.8. The molecule has 5 rings (SSSR count). The van der Waals surface area contributed by atoms with E-state index in [2.05, 4.69) is 4.98 Å². The molecule has 36 heavy (non-hydrogen) atoms. The number of primary amides is 1. The van der Waals surface area contributed by atoms with Crippen LogP contribution in [-0.2, 0) is 26.4 Å². The highest BCUT2D eigenvalue weighted by molar-refractivity contribution is 6.30. The quantitative estimate of drug-likeness (QED) is 0.554. The van der Waals surface area contributed by atoms with Crippen molar-refractivity contribution in [1.82, 2.24) is 9.88 Å². The lowest BCUT2D eigenvalue weighted by Gasteiger charge is -2.36. The summed E-state index contributed by atoms with van der Waals surface area (Å²) < 4.78 is 27.2. The van der Waals surface area contributed by atoms with Gasteiger partial charge >= 0.3 is 0 Å². The van der Waals surface area contributed by atoms with Gasteiger partial charge in [0.1, 0.15) is 5.82 Å². The first kappa shape index (κ1) is 25.1. The molecule has 3 aliphatic rings. The van der Waals surface area contributed by atoms with Crippen molar-refractivity contribution in [3.05, 3.63) is 63.7 Å². The number of nitrogens with two attached hydrogens (primary N) is 1. The van der Waals surface area contributed by atoms with Gasteiger partial charge in [-0.2, -0.15) is 0 Å². The van der Waals surface area contributed by atoms with E-state index in [1.165, 1.54) is 17.2 Å². The second-order valence-electron chi connectivity index (χ2n) is 10.2. The maximum atomic E-state index is 15.7. The molecule has 3 heterocycles. The van der Waals surface area contributed by atoms with Crippen molar-refractivity contribution >= 4 is 23.4 Å². The molecule has 1 aromatic heterocycles. The average Bonchev–Trinajstić information content (AvgIpc) is 3.61. The zero-order valence-electron chi connectivity index (χ0n) is 20.0. The molecule has 0 radical (unpaired) electrons. The molecular weight excluding hydrogens is 489 g/mol. The molecule has 0 bridgehead atoms. The Hall–Kier alpha value is -2.59. The van der Waals surface area contributed by atoms with E-state index in [9.17, 15) is 14.7 Å². The molecule has 1 saturated heterocycles. The number of aromatic nitrogens is 1. The van der Waals surface area contributed by atoms with Gasteiger partial charge in [-0.3, -0.25) is 14.6 Å². The summed E-state index contributed by atoms with van der Waals surface area (Å²) in [6.07, 6.45) is 2.85. The molecule has 192 valence electrons. The zero-order chi connectivity index (χ0) is 25.7. The molecule has 2 fully saturated rings. The number of fused-ring (bicyclic) bond motifs is 1. The summed E-state index contributed by atoms with van der Waals surface area (Å²) in [6, 6.07) is 6.18. The summed E-state index contributed by atoms with van der Waals surface area (Å²) in [7, 11) is 0. The molecule has 3 N–H and O–H groups in total. The fourth-order valence-corrected chi connectivity index (χ4v) is 5.22. The molecule has 2 aromatic rings. The van der Waals surface area contributed by atoms with Gasteiger partial charge in [0.2, 0.25) is 5.91 Å². The molecule has 10 heteroatoms. The Kier molecular flexibility index (Phi) is 6.53. The summed E-state index contributed by atoms with van der Waals surface area (Å²) >= 11 is 5.95. The van der Waals surface area contributed by atoms with E-state index in [4.69, 9.17) is 26.8 Å². The van der Waals surface area contributed by atoms with E-state index in [0.29, 0.717) is 55.2 Å². The van der Waals surface area contributed by atoms with Crippen LogP contribution in [0, 0.1) is 17.2 Å². The third-order valence-electron chi connectivity index (χ3n) is 7.77. The van der Waals surface area contributed by atoms with Crippen LogP contribution in [0.2, 0.25) is 5.02 Å². The molecule has 2 aliphatic heterocycles. The van der Waals surface area contributed by atoms with Crippen LogP contribution < -0.4 is 5.73 Å². The van der Waals surface area contributed by atoms with Crippen molar-refractivity contribution in [1.29, 1.82) is 0 Å². The lowest BCUT2D eigenvalue weighted by molar-refractivity contribution is -0.129. The van der Waals surface area contributed by atoms with E-state index in [0.717, 1.165) is 0 Å². The Bertz CT molecular complexity index is 1180. The summed E-state index contributed by atoms with van der Waals surface area (Å²) in [5.74, 6) is -1.70. The van der Waals surface area contributed by atoms with Gasteiger partial charge in [-0.05, 0) is 68.4 Å². The van der Waals surface area contributed by atoms with Crippen molar-refractivity contribution in [2.75, 3.05) is 19.8 Å². The highest BCUT2D eigenvalue weighted by Crippen LogP contribution is 2.48. The number of nitrogens with zero attached hydrogens (tertiary/aromatic N) is 2. The fourth-order valence-electron chi connectivity index (χ4n) is 5.10. The SMILES string of the molecule is CC(O)(c1cc(F)c2c(c1)C(=O)N(Cc1ccc(Cl)cn1)[C@@H]2OCC1(C(N)=O)CC1)C1CCOCC1. The number of pyridine rings is 1. The predicted molar refractivity (Wildman–Crippen MR) is 128 cm³/mol. The molecule has 1 saturated carbocycles. The van der Waals surface area contributed by atoms with Gasteiger partial charge in [-0.25, -0.2) is 4.39 Å². The van der Waals surface area contributed by atoms with Crippen LogP contribution in [0.15, 0.2) is 30.5 Å². The van der Waals surface area contributed by atoms with Crippen LogP contribution in [0.4, 0.5) is 4.39 Å². The van der Waals surface area contributed by atoms with Crippen molar-refractivity contribution in [3.8, 4) is 0 Å². The molecule has 1 aromatic carbocycles. The van der Waals surface area contributed by atoms with E-state index >= 15 is 4.39 Å². The Morgan fingerprint density at radius 3 is 2.69 bits per heavy atom. The first-order valence-electron chi connectivity index (χ1n) is 12.1. The molecule has 2 atom stereocenters. The van der Waals surface area contributed by atoms with Gasteiger partial charge < -0.3 is 25.2 Å². The van der Waals surface area contributed by atoms with Crippen LogP contribution in [0.1, 0.15) is 66.0 Å². The number of hydrogen-bond donors (Lipinski definition) is 2.